The Hall–Kier alpha value is -3.73. The molecule has 3 aliphatic heterocycles. The summed E-state index contributed by atoms with van der Waals surface area (Å²) in [6.07, 6.45) is -21.1. The average molecular weight is 807 g/mol. The van der Waals surface area contributed by atoms with Crippen LogP contribution in [0.25, 0.3) is 22.3 Å². The van der Waals surface area contributed by atoms with Gasteiger partial charge in [-0.1, -0.05) is 11.6 Å². The van der Waals surface area contributed by atoms with Crippen LogP contribution in [0.4, 0.5) is 0 Å². The summed E-state index contributed by atoms with van der Waals surface area (Å²) in [5, 5.41) is 94.5. The average Bonchev–Trinajstić information content (AvgIpc) is 3.19. The number of rotatable bonds is 11. The molecule has 18 nitrogen and oxygen atoms in total. The van der Waals surface area contributed by atoms with E-state index in [-0.39, 0.29) is 28.9 Å². The van der Waals surface area contributed by atoms with Crippen molar-refractivity contribution in [1.82, 2.24) is 0 Å². The second-order valence-electron chi connectivity index (χ2n) is 14.6. The quantitative estimate of drug-likeness (QED) is 0.107. The second-order valence-corrected chi connectivity index (χ2v) is 14.6. The van der Waals surface area contributed by atoms with Crippen LogP contribution >= 0.6 is 0 Å². The number of fused-ring (bicyclic) bond motifs is 1. The van der Waals surface area contributed by atoms with E-state index < -0.39 is 110 Å². The Morgan fingerprint density at radius 3 is 1.96 bits per heavy atom. The van der Waals surface area contributed by atoms with Gasteiger partial charge in [0.1, 0.15) is 72.0 Å². The van der Waals surface area contributed by atoms with Gasteiger partial charge in [-0.05, 0) is 70.5 Å². The second kappa shape index (κ2) is 17.6. The van der Waals surface area contributed by atoms with Crippen LogP contribution in [0.2, 0.25) is 0 Å². The maximum atomic E-state index is 14.7. The van der Waals surface area contributed by atoms with Crippen molar-refractivity contribution >= 4 is 11.0 Å². The van der Waals surface area contributed by atoms with Gasteiger partial charge in [0, 0.05) is 11.1 Å². The van der Waals surface area contributed by atoms with Gasteiger partial charge in [-0.25, -0.2) is 0 Å². The maximum absolute atomic E-state index is 14.7. The lowest BCUT2D eigenvalue weighted by atomic mass is 9.98. The molecule has 15 atom stereocenters. The molecule has 1 aromatic heterocycles. The molecule has 0 radical (unpaired) electrons. The van der Waals surface area contributed by atoms with Crippen LogP contribution in [0.15, 0.2) is 57.3 Å². The van der Waals surface area contributed by atoms with Crippen LogP contribution in [0.1, 0.15) is 33.3 Å². The molecule has 3 saturated heterocycles. The molecule has 6 rings (SSSR count). The molecule has 0 unspecified atom stereocenters. The van der Waals surface area contributed by atoms with E-state index in [1.54, 1.807) is 24.3 Å². The normalized spacial score (nSPS) is 35.8. The third-order valence-corrected chi connectivity index (χ3v) is 10.4. The molecule has 0 saturated carbocycles. The van der Waals surface area contributed by atoms with Crippen molar-refractivity contribution in [3.63, 3.8) is 0 Å². The van der Waals surface area contributed by atoms with E-state index in [4.69, 9.17) is 37.6 Å². The van der Waals surface area contributed by atoms with Crippen molar-refractivity contribution in [2.45, 2.75) is 126 Å². The standard InChI is InChI=1S/C39H50O18/c1-15(2)6-11-20-22(53-38-32(49)29(46)27(44)23(14-40)54-38)13-12-21-26(43)35(33(55-34(20)21)18-7-9-19(50-5)10-8-18)56-39-36(30(47)25(42)17(4)52-39)57-37-31(48)28(45)24(41)16(3)51-37/h6-10,12-13,16-17,23-25,27-32,36-42,44-49H,11,14H2,1-5H3/t16-,17-,23+,24+,25-,27+,28+,29-,30+,31+,32+,36+,37-,38+,39-/m0/s1. The number of aliphatic hydroxyl groups excluding tert-OH is 9. The van der Waals surface area contributed by atoms with E-state index >= 15 is 0 Å². The van der Waals surface area contributed by atoms with E-state index in [2.05, 4.69) is 0 Å². The predicted octanol–water partition coefficient (Wildman–Crippen LogP) is -0.786. The molecule has 3 aliphatic rings. The molecule has 0 spiro atoms. The highest BCUT2D eigenvalue weighted by Crippen LogP contribution is 2.39. The molecule has 0 aliphatic carbocycles. The number of allylic oxidation sites excluding steroid dienone is 2. The number of methoxy groups -OCH3 is 1. The van der Waals surface area contributed by atoms with Crippen molar-refractivity contribution in [3.05, 3.63) is 63.8 Å². The summed E-state index contributed by atoms with van der Waals surface area (Å²) in [6, 6.07) is 9.20. The van der Waals surface area contributed by atoms with Gasteiger partial charge in [-0.3, -0.25) is 4.79 Å². The predicted molar refractivity (Wildman–Crippen MR) is 196 cm³/mol. The van der Waals surface area contributed by atoms with Gasteiger partial charge in [-0.2, -0.15) is 0 Å². The highest BCUT2D eigenvalue weighted by atomic mass is 16.8. The first-order chi connectivity index (χ1) is 27.1. The van der Waals surface area contributed by atoms with E-state index in [1.807, 2.05) is 19.9 Å². The van der Waals surface area contributed by atoms with E-state index in [9.17, 15) is 50.8 Å². The van der Waals surface area contributed by atoms with E-state index in [0.717, 1.165) is 5.57 Å². The Morgan fingerprint density at radius 1 is 0.719 bits per heavy atom. The molecule has 4 heterocycles. The zero-order chi connectivity index (χ0) is 41.5. The number of hydrogen-bond donors (Lipinski definition) is 9. The van der Waals surface area contributed by atoms with Crippen LogP contribution in [0.3, 0.4) is 0 Å². The van der Waals surface area contributed by atoms with Gasteiger partial charge < -0.3 is 83.5 Å². The first-order valence-corrected chi connectivity index (χ1v) is 18.5. The van der Waals surface area contributed by atoms with E-state index in [1.165, 1.54) is 33.1 Å². The molecule has 2 aromatic carbocycles. The zero-order valence-electron chi connectivity index (χ0n) is 31.8. The fourth-order valence-electron chi connectivity index (χ4n) is 6.86. The lowest BCUT2D eigenvalue weighted by Crippen LogP contribution is -2.63. The Balaban J connectivity index is 1.47. The Bertz CT molecular complexity index is 1930. The van der Waals surface area contributed by atoms with Crippen molar-refractivity contribution in [3.8, 4) is 28.6 Å². The summed E-state index contributed by atoms with van der Waals surface area (Å²) in [5.74, 6) is 0.0119. The smallest absolute Gasteiger partial charge is 0.235 e. The molecular formula is C39H50O18. The van der Waals surface area contributed by atoms with Crippen LogP contribution in [-0.2, 0) is 25.4 Å². The van der Waals surface area contributed by atoms with Gasteiger partial charge in [-0.15, -0.1) is 0 Å². The fraction of sp³-hybridized carbons (Fsp3) is 0.564. The Kier molecular flexibility index (Phi) is 13.3. The van der Waals surface area contributed by atoms with Gasteiger partial charge in [0.05, 0.1) is 31.3 Å². The van der Waals surface area contributed by atoms with Crippen molar-refractivity contribution < 1.29 is 83.5 Å². The largest absolute Gasteiger partial charge is 0.497 e. The molecule has 3 aromatic rings. The van der Waals surface area contributed by atoms with E-state index in [0.29, 0.717) is 16.9 Å². The number of hydrogen-bond acceptors (Lipinski definition) is 18. The highest BCUT2D eigenvalue weighted by Gasteiger charge is 2.51. The summed E-state index contributed by atoms with van der Waals surface area (Å²) >= 11 is 0. The molecule has 0 amide bonds. The van der Waals surface area contributed by atoms with Crippen LogP contribution in [0.5, 0.6) is 17.2 Å². The van der Waals surface area contributed by atoms with Crippen molar-refractivity contribution in [1.29, 1.82) is 0 Å². The minimum Gasteiger partial charge on any atom is -0.497 e. The monoisotopic (exact) mass is 806 g/mol. The summed E-state index contributed by atoms with van der Waals surface area (Å²) in [6.45, 7) is 5.91. The van der Waals surface area contributed by atoms with Crippen molar-refractivity contribution in [2.75, 3.05) is 13.7 Å². The summed E-state index contributed by atoms with van der Waals surface area (Å²) in [7, 11) is 1.47. The summed E-state index contributed by atoms with van der Waals surface area (Å²) < 4.78 is 47.2. The minimum atomic E-state index is -1.79. The minimum absolute atomic E-state index is 0.0144. The topological polar surface area (TPSA) is 277 Å². The van der Waals surface area contributed by atoms with Crippen LogP contribution in [0, 0.1) is 0 Å². The molecule has 18 heteroatoms. The molecule has 314 valence electrons. The molecule has 0 bridgehead atoms. The maximum Gasteiger partial charge on any atom is 0.235 e. The number of benzene rings is 2. The third-order valence-electron chi connectivity index (χ3n) is 10.4. The van der Waals surface area contributed by atoms with Gasteiger partial charge >= 0.3 is 0 Å². The molecule has 3 fully saturated rings. The fourth-order valence-corrected chi connectivity index (χ4v) is 6.86. The third kappa shape index (κ3) is 8.55. The number of ether oxygens (including phenoxy) is 7. The molecule has 9 N–H and O–H groups in total. The van der Waals surface area contributed by atoms with Crippen molar-refractivity contribution in [2.24, 2.45) is 0 Å². The summed E-state index contributed by atoms with van der Waals surface area (Å²) in [4.78, 5) is 14.7. The van der Waals surface area contributed by atoms with Gasteiger partial charge in [0.25, 0.3) is 0 Å². The first-order valence-electron chi connectivity index (χ1n) is 18.5. The highest BCUT2D eigenvalue weighted by molar-refractivity contribution is 5.86. The lowest BCUT2D eigenvalue weighted by Gasteiger charge is -2.45. The number of aliphatic hydroxyl groups is 9. The lowest BCUT2D eigenvalue weighted by molar-refractivity contribution is -0.352. The molecular weight excluding hydrogens is 756 g/mol. The van der Waals surface area contributed by atoms with Crippen LogP contribution in [-0.4, -0.2) is 152 Å². The Labute approximate surface area is 326 Å². The zero-order valence-corrected chi connectivity index (χ0v) is 31.8. The SMILES string of the molecule is COc1ccc(-c2oc3c(CC=C(C)C)c(O[C@@H]4O[C@H](CO)[C@@H](O)[C@H](O)[C@H]4O)ccc3c(=O)c2O[C@@H]2O[C@@H](C)[C@H](O)[C@@H](O)[C@H]2O[C@@H]2O[C@@H](C)[C@@H](O)[C@@H](O)[C@H]2O)cc1. The van der Waals surface area contributed by atoms with Gasteiger partial charge in [0.2, 0.25) is 23.8 Å². The van der Waals surface area contributed by atoms with Crippen LogP contribution < -0.4 is 19.6 Å². The Morgan fingerprint density at radius 2 is 1.33 bits per heavy atom. The first kappa shape index (κ1) is 42.9. The summed E-state index contributed by atoms with van der Waals surface area (Å²) in [5.41, 5.74) is 0.819. The molecule has 57 heavy (non-hydrogen) atoms. The van der Waals surface area contributed by atoms with Gasteiger partial charge in [0.15, 0.2) is 18.2 Å².